The second kappa shape index (κ2) is 31.7. The molecule has 121 heavy (non-hydrogen) atoms. The molecule has 0 aromatic heterocycles. The summed E-state index contributed by atoms with van der Waals surface area (Å²) in [7, 11) is 0. The molecule has 19 aromatic rings. The highest BCUT2D eigenvalue weighted by molar-refractivity contribution is 8.00. The van der Waals surface area contributed by atoms with Crippen molar-refractivity contribution >= 4 is 51.9 Å². The van der Waals surface area contributed by atoms with Crippen LogP contribution < -0.4 is 21.3 Å². The Balaban J connectivity index is 0.917. The molecule has 570 valence electrons. The van der Waals surface area contributed by atoms with E-state index in [9.17, 15) is 0 Å². The van der Waals surface area contributed by atoms with E-state index >= 15 is 0 Å². The smallest absolute Gasteiger partial charge is 0.249 e. The number of hydrogen-bond acceptors (Lipinski definition) is 2. The van der Waals surface area contributed by atoms with Gasteiger partial charge in [-0.2, -0.15) is 0 Å². The first-order valence-corrected chi connectivity index (χ1v) is 42.8. The molecule has 0 saturated heterocycles. The van der Waals surface area contributed by atoms with Crippen molar-refractivity contribution in [2.45, 2.75) is 36.0 Å². The van der Waals surface area contributed by atoms with Crippen LogP contribution in [0.4, 0.5) is 17.1 Å². The zero-order valence-electron chi connectivity index (χ0n) is 67.7. The fourth-order valence-electron chi connectivity index (χ4n) is 18.3. The predicted octanol–water partition coefficient (Wildman–Crippen LogP) is 30.8. The molecule has 0 N–H and O–H groups in total. The summed E-state index contributed by atoms with van der Waals surface area (Å²) in [5.41, 5.74) is 42.6. The number of nitrogens with zero attached hydrogens (tertiary/aromatic N) is 1. The van der Waals surface area contributed by atoms with Crippen LogP contribution in [0.2, 0.25) is 0 Å². The quantitative estimate of drug-likeness (QED) is 0.0887. The van der Waals surface area contributed by atoms with Gasteiger partial charge in [0.2, 0.25) is 6.71 Å². The lowest BCUT2D eigenvalue weighted by molar-refractivity contribution is 0.590. The van der Waals surface area contributed by atoms with Crippen molar-refractivity contribution < 1.29 is 0 Å². The molecule has 0 aliphatic carbocycles. The van der Waals surface area contributed by atoms with Gasteiger partial charge in [0.05, 0.1) is 5.69 Å². The van der Waals surface area contributed by atoms with Crippen LogP contribution in [0.25, 0.3) is 167 Å². The highest BCUT2D eigenvalue weighted by Crippen LogP contribution is 2.55. The van der Waals surface area contributed by atoms with Crippen molar-refractivity contribution in [1.29, 1.82) is 0 Å². The standard InChI is InChI=1S/C118H84BNS/c1-118(2,3)106-58-55-88(56-59-106)104-77-113-115-114(78-104)121-117-109(105-70-98(85-45-25-10-26-46-85)65-99(71-105)86-47-27-11-28-48-86)74-103(101-68-96(83-41-21-8-22-42-83)64-97(69-101)84-43-23-9-24-44-84)76-111(117)119(115)110-75-91(100-66-94(81-37-17-6-18-38-81)63-95(67-100)82-39-19-7-20-40-82)57-60-112(110)120(113)116-107(92-53-31-51-89(61-92)79-33-13-4-14-34-79)72-102(87-49-29-12-30-50-87)73-108(116)93-54-32-52-90(62-93)80-35-15-5-16-36-80/h4-78H,1-3H3. The van der Waals surface area contributed by atoms with E-state index in [1.807, 2.05) is 11.8 Å². The van der Waals surface area contributed by atoms with E-state index in [0.29, 0.717) is 0 Å². The Morgan fingerprint density at radius 1 is 0.198 bits per heavy atom. The predicted molar refractivity (Wildman–Crippen MR) is 517 cm³/mol. The molecular weight excluding hydrogens is 1470 g/mol. The molecule has 0 saturated carbocycles. The highest BCUT2D eigenvalue weighted by atomic mass is 32.2. The molecule has 19 aromatic carbocycles. The van der Waals surface area contributed by atoms with Gasteiger partial charge in [-0.05, 0) is 281 Å². The first-order chi connectivity index (χ1) is 59.6. The fraction of sp³-hybridized carbons (Fsp3) is 0.0339. The topological polar surface area (TPSA) is 3.24 Å². The Bertz CT molecular complexity index is 6790. The Hall–Kier alpha value is -14.6. The number of fused-ring (bicyclic) bond motifs is 4. The summed E-state index contributed by atoms with van der Waals surface area (Å²) in [6, 6.07) is 171. The first kappa shape index (κ1) is 74.0. The zero-order valence-corrected chi connectivity index (χ0v) is 68.6. The molecular formula is C118H84BNS. The van der Waals surface area contributed by atoms with Gasteiger partial charge in [-0.25, -0.2) is 0 Å². The van der Waals surface area contributed by atoms with Crippen LogP contribution in [0.1, 0.15) is 26.3 Å². The van der Waals surface area contributed by atoms with Crippen LogP contribution in [0.5, 0.6) is 0 Å². The van der Waals surface area contributed by atoms with Crippen molar-refractivity contribution in [3.05, 3.63) is 461 Å². The van der Waals surface area contributed by atoms with Crippen molar-refractivity contribution in [3.63, 3.8) is 0 Å². The van der Waals surface area contributed by atoms with Gasteiger partial charge in [0.25, 0.3) is 0 Å². The van der Waals surface area contributed by atoms with E-state index < -0.39 is 0 Å². The second-order valence-corrected chi connectivity index (χ2v) is 34.1. The maximum atomic E-state index is 2.72. The maximum Gasteiger partial charge on any atom is 0.249 e. The minimum absolute atomic E-state index is 0.0632. The Morgan fingerprint density at radius 3 is 0.843 bits per heavy atom. The molecule has 1 nitrogen and oxygen atoms in total. The molecule has 0 atom stereocenters. The molecule has 2 aliphatic heterocycles. The molecule has 2 aliphatic rings. The third kappa shape index (κ3) is 14.5. The van der Waals surface area contributed by atoms with Gasteiger partial charge in [0.1, 0.15) is 0 Å². The second-order valence-electron chi connectivity index (χ2n) is 33.1. The van der Waals surface area contributed by atoms with Crippen LogP contribution in [0.15, 0.2) is 465 Å². The van der Waals surface area contributed by atoms with Gasteiger partial charge in [-0.15, -0.1) is 0 Å². The lowest BCUT2D eigenvalue weighted by Gasteiger charge is -2.42. The lowest BCUT2D eigenvalue weighted by atomic mass is 9.34. The van der Waals surface area contributed by atoms with E-state index in [-0.39, 0.29) is 12.1 Å². The van der Waals surface area contributed by atoms with Gasteiger partial charge >= 0.3 is 0 Å². The van der Waals surface area contributed by atoms with Crippen LogP contribution in [-0.4, -0.2) is 6.71 Å². The van der Waals surface area contributed by atoms with Crippen molar-refractivity contribution in [3.8, 4) is 167 Å². The van der Waals surface area contributed by atoms with Gasteiger partial charge in [0.15, 0.2) is 0 Å². The van der Waals surface area contributed by atoms with Crippen LogP contribution in [0, 0.1) is 0 Å². The molecule has 2 heterocycles. The first-order valence-electron chi connectivity index (χ1n) is 42.0. The van der Waals surface area contributed by atoms with Crippen LogP contribution >= 0.6 is 11.8 Å². The molecule has 0 amide bonds. The molecule has 0 spiro atoms. The molecule has 21 rings (SSSR count). The maximum absolute atomic E-state index is 2.72. The third-order valence-electron chi connectivity index (χ3n) is 24.4. The summed E-state index contributed by atoms with van der Waals surface area (Å²) in [6.07, 6.45) is 0. The van der Waals surface area contributed by atoms with Crippen molar-refractivity contribution in [1.82, 2.24) is 0 Å². The Labute approximate surface area is 715 Å². The van der Waals surface area contributed by atoms with Gasteiger partial charge in [0, 0.05) is 32.3 Å². The average Bonchev–Trinajstić information content (AvgIpc) is 0.692. The number of hydrogen-bond donors (Lipinski definition) is 0. The van der Waals surface area contributed by atoms with E-state index in [1.165, 1.54) is 37.3 Å². The summed E-state index contributed by atoms with van der Waals surface area (Å²) in [5.74, 6) is 0. The van der Waals surface area contributed by atoms with Crippen molar-refractivity contribution in [2.24, 2.45) is 0 Å². The lowest BCUT2D eigenvalue weighted by Crippen LogP contribution is -2.60. The minimum atomic E-state index is -0.329. The molecule has 0 fully saturated rings. The zero-order chi connectivity index (χ0) is 80.9. The fourth-order valence-corrected chi connectivity index (χ4v) is 19.6. The van der Waals surface area contributed by atoms with Gasteiger partial charge < -0.3 is 4.90 Å². The number of rotatable bonds is 16. The van der Waals surface area contributed by atoms with Crippen molar-refractivity contribution in [2.75, 3.05) is 4.90 Å². The number of anilines is 3. The molecule has 0 unspecified atom stereocenters. The van der Waals surface area contributed by atoms with E-state index in [2.05, 4.69) is 481 Å². The van der Waals surface area contributed by atoms with E-state index in [4.69, 9.17) is 0 Å². The largest absolute Gasteiger partial charge is 0.310 e. The summed E-state index contributed by atoms with van der Waals surface area (Å²) in [4.78, 5) is 5.16. The normalized spacial score (nSPS) is 12.0. The summed E-state index contributed by atoms with van der Waals surface area (Å²) in [5, 5.41) is 0. The van der Waals surface area contributed by atoms with Crippen LogP contribution in [0.3, 0.4) is 0 Å². The van der Waals surface area contributed by atoms with Gasteiger partial charge in [-0.3, -0.25) is 0 Å². The molecule has 0 bridgehead atoms. The van der Waals surface area contributed by atoms with Crippen LogP contribution in [-0.2, 0) is 5.41 Å². The third-order valence-corrected chi connectivity index (χ3v) is 25.6. The Morgan fingerprint density at radius 2 is 0.463 bits per heavy atom. The number of benzene rings is 19. The van der Waals surface area contributed by atoms with E-state index in [0.717, 1.165) is 178 Å². The highest BCUT2D eigenvalue weighted by Gasteiger charge is 2.44. The minimum Gasteiger partial charge on any atom is -0.310 e. The van der Waals surface area contributed by atoms with Gasteiger partial charge in [-0.1, -0.05) is 390 Å². The Kier molecular flexibility index (Phi) is 19.4. The SMILES string of the molecule is CC(C)(C)c1ccc(-c2cc3c4c(c2)N(c2c(-c5cccc(-c6ccccc6)c5)cc(-c5ccccc5)cc2-c2cccc(-c5ccccc5)c2)c2ccc(-c5cc(-c6ccccc6)cc(-c6ccccc6)c5)cc2B4c2cc(-c4cc(-c5ccccc5)cc(-c5ccccc5)c4)cc(-c4cc(-c5ccccc5)cc(-c5ccccc5)c4)c2S3)cc1. The average molecular weight is 1560 g/mol. The molecule has 3 heteroatoms. The summed E-state index contributed by atoms with van der Waals surface area (Å²) >= 11 is 1.94. The summed E-state index contributed by atoms with van der Waals surface area (Å²) < 4.78 is 0. The molecule has 0 radical (unpaired) electrons. The summed E-state index contributed by atoms with van der Waals surface area (Å²) in [6.45, 7) is 6.61. The monoisotopic (exact) mass is 1560 g/mol. The van der Waals surface area contributed by atoms with E-state index in [1.54, 1.807) is 0 Å².